The molecule has 2 aromatic carbocycles. The molecule has 0 radical (unpaired) electrons. The summed E-state index contributed by atoms with van der Waals surface area (Å²) in [5.74, 6) is -0.463. The van der Waals surface area contributed by atoms with Gasteiger partial charge >= 0.3 is 5.97 Å². The van der Waals surface area contributed by atoms with Crippen molar-refractivity contribution in [3.8, 4) is 11.5 Å². The van der Waals surface area contributed by atoms with Crippen molar-refractivity contribution in [1.29, 1.82) is 0 Å². The van der Waals surface area contributed by atoms with E-state index in [0.717, 1.165) is 5.56 Å². The average Bonchev–Trinajstić information content (AvgIpc) is 3.14. The minimum atomic E-state index is -0.625. The van der Waals surface area contributed by atoms with Gasteiger partial charge < -0.3 is 19.5 Å². The van der Waals surface area contributed by atoms with Crippen LogP contribution in [0.3, 0.4) is 0 Å². The van der Waals surface area contributed by atoms with E-state index in [9.17, 15) is 14.4 Å². The molecule has 35 heavy (non-hydrogen) atoms. The Hall–Kier alpha value is -3.63. The van der Waals surface area contributed by atoms with E-state index in [-0.39, 0.29) is 18.9 Å². The standard InChI is InChI=1S/C25H24N2O6S2/c1-31-18-11-12-20(32-2)19(15-18)26-22(28)16-33-23(29)13-14-27-24(30)21(35-25(27)34)10-6-9-17-7-4-3-5-8-17/h3-12,15H,13-14,16H2,1-2H3,(H,26,28)/b9-6+,21-10+. The number of carbonyl (C=O) groups is 3. The third kappa shape index (κ3) is 7.43. The Labute approximate surface area is 212 Å². The van der Waals surface area contributed by atoms with Crippen LogP contribution in [0.15, 0.2) is 65.6 Å². The second-order valence-electron chi connectivity index (χ2n) is 7.15. The first-order chi connectivity index (χ1) is 16.9. The number of hydrogen-bond donors (Lipinski definition) is 1. The van der Waals surface area contributed by atoms with Crippen molar-refractivity contribution < 1.29 is 28.6 Å². The van der Waals surface area contributed by atoms with E-state index in [1.165, 1.54) is 30.9 Å². The van der Waals surface area contributed by atoms with Crippen molar-refractivity contribution in [1.82, 2.24) is 4.90 Å². The lowest BCUT2D eigenvalue weighted by Crippen LogP contribution is -2.31. The summed E-state index contributed by atoms with van der Waals surface area (Å²) in [6.07, 6.45) is 5.26. The predicted octanol–water partition coefficient (Wildman–Crippen LogP) is 4.03. The fourth-order valence-corrected chi connectivity index (χ4v) is 4.30. The van der Waals surface area contributed by atoms with Gasteiger partial charge in [-0.2, -0.15) is 0 Å². The van der Waals surface area contributed by atoms with Crippen LogP contribution in [-0.2, 0) is 19.1 Å². The Morgan fingerprint density at radius 2 is 1.89 bits per heavy atom. The Kier molecular flexibility index (Phi) is 9.45. The number of rotatable bonds is 10. The number of allylic oxidation sites excluding steroid dienone is 2. The molecule has 2 aromatic rings. The zero-order chi connectivity index (χ0) is 25.2. The summed E-state index contributed by atoms with van der Waals surface area (Å²) in [5, 5.41) is 2.62. The summed E-state index contributed by atoms with van der Waals surface area (Å²) in [6.45, 7) is -0.420. The number of nitrogens with zero attached hydrogens (tertiary/aromatic N) is 1. The fourth-order valence-electron chi connectivity index (χ4n) is 3.04. The molecule has 1 aliphatic heterocycles. The minimum absolute atomic E-state index is 0.0641. The summed E-state index contributed by atoms with van der Waals surface area (Å²) in [7, 11) is 2.98. The van der Waals surface area contributed by atoms with Gasteiger partial charge in [0, 0.05) is 12.6 Å². The Morgan fingerprint density at radius 1 is 1.11 bits per heavy atom. The summed E-state index contributed by atoms with van der Waals surface area (Å²) in [5.41, 5.74) is 1.40. The fraction of sp³-hybridized carbons (Fsp3) is 0.200. The number of benzene rings is 2. The third-order valence-corrected chi connectivity index (χ3v) is 6.19. The van der Waals surface area contributed by atoms with E-state index >= 15 is 0 Å². The Balaban J connectivity index is 1.46. The van der Waals surface area contributed by atoms with Gasteiger partial charge in [-0.1, -0.05) is 66.5 Å². The van der Waals surface area contributed by atoms with Crippen molar-refractivity contribution in [2.45, 2.75) is 6.42 Å². The lowest BCUT2D eigenvalue weighted by molar-refractivity contribution is -0.147. The maximum atomic E-state index is 12.6. The van der Waals surface area contributed by atoms with Crippen LogP contribution < -0.4 is 14.8 Å². The van der Waals surface area contributed by atoms with Gasteiger partial charge in [0.15, 0.2) is 6.61 Å². The minimum Gasteiger partial charge on any atom is -0.497 e. The van der Waals surface area contributed by atoms with Crippen molar-refractivity contribution in [3.63, 3.8) is 0 Å². The predicted molar refractivity (Wildman–Crippen MR) is 139 cm³/mol. The molecule has 0 aromatic heterocycles. The molecular formula is C25H24N2O6S2. The summed E-state index contributed by atoms with van der Waals surface area (Å²) >= 11 is 6.45. The lowest BCUT2D eigenvalue weighted by atomic mass is 10.2. The maximum Gasteiger partial charge on any atom is 0.308 e. The van der Waals surface area contributed by atoms with Gasteiger partial charge in [0.25, 0.3) is 11.8 Å². The molecule has 0 aliphatic carbocycles. The molecule has 0 atom stereocenters. The zero-order valence-electron chi connectivity index (χ0n) is 19.2. The molecular weight excluding hydrogens is 488 g/mol. The van der Waals surface area contributed by atoms with Crippen molar-refractivity contribution in [2.75, 3.05) is 32.7 Å². The van der Waals surface area contributed by atoms with Gasteiger partial charge in [0.2, 0.25) is 0 Å². The third-order valence-electron chi connectivity index (χ3n) is 4.79. The topological polar surface area (TPSA) is 94.2 Å². The molecule has 1 N–H and O–H groups in total. The first kappa shape index (κ1) is 26.0. The second kappa shape index (κ2) is 12.7. The van der Waals surface area contributed by atoms with Crippen molar-refractivity contribution in [3.05, 3.63) is 71.2 Å². The van der Waals surface area contributed by atoms with Gasteiger partial charge in [-0.05, 0) is 23.8 Å². The van der Waals surface area contributed by atoms with Crippen LogP contribution in [0.5, 0.6) is 11.5 Å². The largest absolute Gasteiger partial charge is 0.497 e. The molecule has 1 fully saturated rings. The van der Waals surface area contributed by atoms with Gasteiger partial charge in [-0.25, -0.2) is 0 Å². The summed E-state index contributed by atoms with van der Waals surface area (Å²) in [4.78, 5) is 38.8. The molecule has 1 saturated heterocycles. The molecule has 0 spiro atoms. The molecule has 182 valence electrons. The van der Waals surface area contributed by atoms with Crippen molar-refractivity contribution in [2.24, 2.45) is 0 Å². The van der Waals surface area contributed by atoms with Gasteiger partial charge in [0.05, 0.1) is 31.2 Å². The quantitative estimate of drug-likeness (QED) is 0.290. The van der Waals surface area contributed by atoms with Crippen LogP contribution in [0.2, 0.25) is 0 Å². The van der Waals surface area contributed by atoms with Crippen LogP contribution in [0, 0.1) is 0 Å². The monoisotopic (exact) mass is 512 g/mol. The van der Waals surface area contributed by atoms with Crippen molar-refractivity contribution >= 4 is 57.8 Å². The molecule has 10 heteroatoms. The van der Waals surface area contributed by atoms with Crippen LogP contribution in [0.1, 0.15) is 12.0 Å². The zero-order valence-corrected chi connectivity index (χ0v) is 20.8. The van der Waals surface area contributed by atoms with E-state index in [2.05, 4.69) is 5.32 Å². The SMILES string of the molecule is COc1ccc(OC)c(NC(=O)COC(=O)CCN2C(=O)/C(=C\C=C\c3ccccc3)SC2=S)c1. The summed E-state index contributed by atoms with van der Waals surface area (Å²) < 4.78 is 15.7. The number of hydrogen-bond acceptors (Lipinski definition) is 8. The average molecular weight is 513 g/mol. The van der Waals surface area contributed by atoms with E-state index in [0.29, 0.717) is 26.4 Å². The number of nitrogens with one attached hydrogen (secondary N) is 1. The number of methoxy groups -OCH3 is 2. The molecule has 2 amide bonds. The number of anilines is 1. The molecule has 1 heterocycles. The normalized spacial score (nSPS) is 14.5. The Bertz CT molecular complexity index is 1160. The van der Waals surface area contributed by atoms with Gasteiger partial charge in [-0.3, -0.25) is 19.3 Å². The Morgan fingerprint density at radius 3 is 2.60 bits per heavy atom. The maximum absolute atomic E-state index is 12.6. The molecule has 3 rings (SSSR count). The molecule has 1 aliphatic rings. The number of ether oxygens (including phenoxy) is 3. The highest BCUT2D eigenvalue weighted by Crippen LogP contribution is 2.31. The number of amides is 2. The molecule has 0 saturated carbocycles. The number of thioether (sulfide) groups is 1. The van der Waals surface area contributed by atoms with E-state index in [1.807, 2.05) is 36.4 Å². The molecule has 8 nitrogen and oxygen atoms in total. The number of carbonyl (C=O) groups excluding carboxylic acids is 3. The number of thiocarbonyl (C=S) groups is 1. The summed E-state index contributed by atoms with van der Waals surface area (Å²) in [6, 6.07) is 14.6. The number of esters is 1. The second-order valence-corrected chi connectivity index (χ2v) is 8.83. The highest BCUT2D eigenvalue weighted by atomic mass is 32.2. The van der Waals surface area contributed by atoms with Crippen LogP contribution in [0.25, 0.3) is 6.08 Å². The smallest absolute Gasteiger partial charge is 0.308 e. The van der Waals surface area contributed by atoms with Gasteiger partial charge in [-0.15, -0.1) is 0 Å². The van der Waals surface area contributed by atoms with E-state index in [4.69, 9.17) is 26.4 Å². The van der Waals surface area contributed by atoms with Gasteiger partial charge in [0.1, 0.15) is 15.8 Å². The molecule has 0 bridgehead atoms. The van der Waals surface area contributed by atoms with Crippen LogP contribution in [-0.4, -0.2) is 54.4 Å². The van der Waals surface area contributed by atoms with Crippen LogP contribution in [0.4, 0.5) is 5.69 Å². The van der Waals surface area contributed by atoms with Crippen LogP contribution >= 0.6 is 24.0 Å². The highest BCUT2D eigenvalue weighted by molar-refractivity contribution is 8.26. The first-order valence-electron chi connectivity index (χ1n) is 10.6. The first-order valence-corrected chi connectivity index (χ1v) is 11.8. The van der Waals surface area contributed by atoms with E-state index < -0.39 is 18.5 Å². The van der Waals surface area contributed by atoms with E-state index in [1.54, 1.807) is 30.4 Å². The molecule has 0 unspecified atom stereocenters. The lowest BCUT2D eigenvalue weighted by Gasteiger charge is -2.14. The highest BCUT2D eigenvalue weighted by Gasteiger charge is 2.31.